The minimum Gasteiger partial charge on any atom is -0.356 e. The zero-order valence-corrected chi connectivity index (χ0v) is 15.1. The van der Waals surface area contributed by atoms with E-state index < -0.39 is 6.04 Å². The Morgan fingerprint density at radius 2 is 1.81 bits per heavy atom. The molecule has 0 unspecified atom stereocenters. The fraction of sp³-hybridized carbons (Fsp3) is 0.333. The van der Waals surface area contributed by atoms with Gasteiger partial charge >= 0.3 is 0 Å². The molecule has 1 fully saturated rings. The summed E-state index contributed by atoms with van der Waals surface area (Å²) in [4.78, 5) is 26.3. The molecule has 1 aliphatic rings. The van der Waals surface area contributed by atoms with Gasteiger partial charge in [0.2, 0.25) is 11.8 Å². The molecule has 3 rings (SSSR count). The summed E-state index contributed by atoms with van der Waals surface area (Å²) >= 11 is 0. The van der Waals surface area contributed by atoms with Gasteiger partial charge in [0, 0.05) is 26.2 Å². The van der Waals surface area contributed by atoms with E-state index in [4.69, 9.17) is 0 Å². The van der Waals surface area contributed by atoms with Gasteiger partial charge in [0.05, 0.1) is 12.5 Å². The molecule has 26 heavy (non-hydrogen) atoms. The third-order valence-corrected chi connectivity index (χ3v) is 4.64. The number of nitrogens with one attached hydrogen (secondary N) is 2. The second-order valence-corrected chi connectivity index (χ2v) is 6.50. The van der Waals surface area contributed by atoms with Crippen molar-refractivity contribution in [1.82, 2.24) is 15.5 Å². The van der Waals surface area contributed by atoms with Crippen molar-refractivity contribution >= 4 is 11.8 Å². The maximum absolute atomic E-state index is 12.2. The van der Waals surface area contributed by atoms with Crippen LogP contribution in [0.15, 0.2) is 54.6 Å². The minimum absolute atomic E-state index is 0.0663. The maximum atomic E-state index is 12.2. The summed E-state index contributed by atoms with van der Waals surface area (Å²) in [6, 6.07) is 18.2. The predicted octanol–water partition coefficient (Wildman–Crippen LogP) is 2.18. The van der Waals surface area contributed by atoms with E-state index in [-0.39, 0.29) is 18.2 Å². The smallest absolute Gasteiger partial charge is 0.237 e. The lowest BCUT2D eigenvalue weighted by Gasteiger charge is -2.34. The lowest BCUT2D eigenvalue weighted by Crippen LogP contribution is -2.56. The number of benzene rings is 2. The van der Waals surface area contributed by atoms with Gasteiger partial charge in [-0.1, -0.05) is 54.6 Å². The van der Waals surface area contributed by atoms with Crippen LogP contribution in [-0.4, -0.2) is 42.4 Å². The Kier molecular flexibility index (Phi) is 6.02. The van der Waals surface area contributed by atoms with E-state index in [1.165, 1.54) is 11.1 Å². The summed E-state index contributed by atoms with van der Waals surface area (Å²) in [5.41, 5.74) is 3.50. The monoisotopic (exact) mass is 351 g/mol. The van der Waals surface area contributed by atoms with E-state index >= 15 is 0 Å². The number of carbonyl (C=O) groups excluding carboxylic acids is 2. The van der Waals surface area contributed by atoms with Crippen molar-refractivity contribution in [2.24, 2.45) is 0 Å². The van der Waals surface area contributed by atoms with Gasteiger partial charge in [-0.05, 0) is 23.6 Å². The molecule has 0 aliphatic carbocycles. The molecule has 1 heterocycles. The van der Waals surface area contributed by atoms with E-state index in [1.54, 1.807) is 0 Å². The van der Waals surface area contributed by atoms with Crippen LogP contribution < -0.4 is 10.6 Å². The van der Waals surface area contributed by atoms with Crippen LogP contribution in [-0.2, 0) is 16.1 Å². The van der Waals surface area contributed by atoms with Crippen molar-refractivity contribution in [1.29, 1.82) is 0 Å². The summed E-state index contributed by atoms with van der Waals surface area (Å²) in [6.07, 6.45) is 0.196. The molecule has 136 valence electrons. The maximum Gasteiger partial charge on any atom is 0.237 e. The van der Waals surface area contributed by atoms with E-state index in [9.17, 15) is 9.59 Å². The Labute approximate surface area is 154 Å². The fourth-order valence-corrected chi connectivity index (χ4v) is 3.29. The predicted molar refractivity (Wildman–Crippen MR) is 102 cm³/mol. The van der Waals surface area contributed by atoms with Gasteiger partial charge in [0.1, 0.15) is 0 Å². The van der Waals surface area contributed by atoms with Crippen LogP contribution in [0.1, 0.15) is 18.9 Å². The van der Waals surface area contributed by atoms with Crippen LogP contribution in [0.25, 0.3) is 11.1 Å². The normalized spacial score (nSPS) is 17.6. The molecule has 2 aromatic carbocycles. The number of carbonyl (C=O) groups is 2. The van der Waals surface area contributed by atoms with Crippen LogP contribution in [0.3, 0.4) is 0 Å². The molecular formula is C21H25N3O2. The average molecular weight is 351 g/mol. The third kappa shape index (κ3) is 4.49. The molecule has 0 saturated carbocycles. The Morgan fingerprint density at radius 3 is 2.50 bits per heavy atom. The van der Waals surface area contributed by atoms with Gasteiger partial charge in [-0.3, -0.25) is 14.5 Å². The number of hydrogen-bond donors (Lipinski definition) is 2. The van der Waals surface area contributed by atoms with Crippen molar-refractivity contribution in [2.75, 3.05) is 19.6 Å². The summed E-state index contributed by atoms with van der Waals surface area (Å²) < 4.78 is 0. The molecule has 1 aliphatic heterocycles. The molecule has 1 saturated heterocycles. The van der Waals surface area contributed by atoms with Crippen molar-refractivity contribution in [2.45, 2.75) is 25.9 Å². The topological polar surface area (TPSA) is 61.4 Å². The lowest BCUT2D eigenvalue weighted by molar-refractivity contribution is -0.134. The first-order chi connectivity index (χ1) is 12.7. The molecule has 2 N–H and O–H groups in total. The van der Waals surface area contributed by atoms with E-state index in [1.807, 2.05) is 25.1 Å². The average Bonchev–Trinajstić information content (AvgIpc) is 2.66. The number of hydrogen-bond acceptors (Lipinski definition) is 3. The first kappa shape index (κ1) is 18.1. The third-order valence-electron chi connectivity index (χ3n) is 4.64. The highest BCUT2D eigenvalue weighted by Crippen LogP contribution is 2.21. The molecule has 2 aromatic rings. The van der Waals surface area contributed by atoms with Gasteiger partial charge < -0.3 is 10.6 Å². The SMILES string of the molecule is CCNC(=O)C[C@@H]1C(=O)NCCN1Cc1ccc(-c2ccccc2)cc1. The molecule has 1 atom stereocenters. The van der Waals surface area contributed by atoms with Gasteiger partial charge in [-0.2, -0.15) is 0 Å². The second-order valence-electron chi connectivity index (χ2n) is 6.50. The molecular weight excluding hydrogens is 326 g/mol. The highest BCUT2D eigenvalue weighted by Gasteiger charge is 2.31. The number of amides is 2. The lowest BCUT2D eigenvalue weighted by atomic mass is 10.0. The van der Waals surface area contributed by atoms with Gasteiger partial charge in [0.25, 0.3) is 0 Å². The number of piperazine rings is 1. The van der Waals surface area contributed by atoms with Crippen LogP contribution in [0.2, 0.25) is 0 Å². The summed E-state index contributed by atoms with van der Waals surface area (Å²) in [7, 11) is 0. The fourth-order valence-electron chi connectivity index (χ4n) is 3.29. The summed E-state index contributed by atoms with van der Waals surface area (Å²) in [6.45, 7) is 4.48. The van der Waals surface area contributed by atoms with Gasteiger partial charge in [-0.25, -0.2) is 0 Å². The van der Waals surface area contributed by atoms with E-state index in [0.717, 1.165) is 12.1 Å². The molecule has 0 aromatic heterocycles. The molecule has 0 bridgehead atoms. The van der Waals surface area contributed by atoms with Crippen LogP contribution in [0, 0.1) is 0 Å². The van der Waals surface area contributed by atoms with E-state index in [2.05, 4.69) is 51.9 Å². The van der Waals surface area contributed by atoms with Crippen molar-refractivity contribution in [3.63, 3.8) is 0 Å². The zero-order chi connectivity index (χ0) is 18.4. The quantitative estimate of drug-likeness (QED) is 0.839. The summed E-state index contributed by atoms with van der Waals surface area (Å²) in [5.74, 6) is -0.151. The molecule has 0 spiro atoms. The number of nitrogens with zero attached hydrogens (tertiary/aromatic N) is 1. The Bertz CT molecular complexity index is 744. The van der Waals surface area contributed by atoms with Crippen LogP contribution >= 0.6 is 0 Å². The Morgan fingerprint density at radius 1 is 1.12 bits per heavy atom. The first-order valence-corrected chi connectivity index (χ1v) is 9.10. The van der Waals surface area contributed by atoms with Crippen LogP contribution in [0.4, 0.5) is 0 Å². The van der Waals surface area contributed by atoms with E-state index in [0.29, 0.717) is 19.6 Å². The molecule has 0 radical (unpaired) electrons. The van der Waals surface area contributed by atoms with Crippen molar-refractivity contribution in [3.8, 4) is 11.1 Å². The van der Waals surface area contributed by atoms with Crippen molar-refractivity contribution in [3.05, 3.63) is 60.2 Å². The van der Waals surface area contributed by atoms with Gasteiger partial charge in [0.15, 0.2) is 0 Å². The zero-order valence-electron chi connectivity index (χ0n) is 15.1. The molecule has 2 amide bonds. The number of rotatable bonds is 6. The first-order valence-electron chi connectivity index (χ1n) is 9.10. The standard InChI is InChI=1S/C21H25N3O2/c1-2-22-20(25)14-19-21(26)23-12-13-24(19)15-16-8-10-18(11-9-16)17-6-4-3-5-7-17/h3-11,19H,2,12-15H2,1H3,(H,22,25)(H,23,26)/t19-/m1/s1. The minimum atomic E-state index is -0.413. The Hall–Kier alpha value is -2.66. The van der Waals surface area contributed by atoms with Crippen molar-refractivity contribution < 1.29 is 9.59 Å². The summed E-state index contributed by atoms with van der Waals surface area (Å²) in [5, 5.41) is 5.64. The molecule has 5 nitrogen and oxygen atoms in total. The highest BCUT2D eigenvalue weighted by molar-refractivity contribution is 5.88. The second kappa shape index (κ2) is 8.63. The largest absolute Gasteiger partial charge is 0.356 e. The highest BCUT2D eigenvalue weighted by atomic mass is 16.2. The Balaban J connectivity index is 1.69. The van der Waals surface area contributed by atoms with Gasteiger partial charge in [-0.15, -0.1) is 0 Å². The van der Waals surface area contributed by atoms with Crippen LogP contribution in [0.5, 0.6) is 0 Å². The molecule has 5 heteroatoms.